The Bertz CT molecular complexity index is 1250. The number of carbonyl (C=O) groups is 2. The van der Waals surface area contributed by atoms with Crippen LogP contribution < -0.4 is 10.9 Å². The summed E-state index contributed by atoms with van der Waals surface area (Å²) in [5.41, 5.74) is -2.00. The van der Waals surface area contributed by atoms with Crippen LogP contribution in [0.5, 0.6) is 0 Å². The molecule has 0 radical (unpaired) electrons. The number of H-pyrrole nitrogens is 1. The number of hydrogen-bond donors (Lipinski definition) is 2. The Morgan fingerprint density at radius 3 is 2.64 bits per heavy atom. The average Bonchev–Trinajstić information content (AvgIpc) is 3.03. The fourth-order valence-corrected chi connectivity index (χ4v) is 3.27. The molecule has 0 bridgehead atoms. The maximum atomic E-state index is 13.1. The SMILES string of the molecule is CCOC(=O)c1c(C)oc2nc(CN(C)CC(=O)Nc3ccccc3C(F)(F)F)[nH]c(=O)c12. The third-order valence-corrected chi connectivity index (χ3v) is 4.61. The molecule has 176 valence electrons. The van der Waals surface area contributed by atoms with Crippen molar-refractivity contribution >= 4 is 28.7 Å². The lowest BCUT2D eigenvalue weighted by Gasteiger charge is -2.17. The van der Waals surface area contributed by atoms with Crippen LogP contribution in [-0.4, -0.2) is 46.9 Å². The van der Waals surface area contributed by atoms with Gasteiger partial charge in [-0.15, -0.1) is 0 Å². The van der Waals surface area contributed by atoms with Gasteiger partial charge in [0.2, 0.25) is 11.6 Å². The number of aromatic nitrogens is 2. The van der Waals surface area contributed by atoms with E-state index in [4.69, 9.17) is 9.15 Å². The molecular weight excluding hydrogens is 445 g/mol. The van der Waals surface area contributed by atoms with Crippen molar-refractivity contribution in [1.29, 1.82) is 0 Å². The van der Waals surface area contributed by atoms with E-state index in [1.165, 1.54) is 31.0 Å². The first kappa shape index (κ1) is 24.0. The lowest BCUT2D eigenvalue weighted by molar-refractivity contribution is -0.137. The van der Waals surface area contributed by atoms with E-state index in [2.05, 4.69) is 15.3 Å². The van der Waals surface area contributed by atoms with E-state index < -0.39 is 29.2 Å². The van der Waals surface area contributed by atoms with Gasteiger partial charge in [0.25, 0.3) is 5.56 Å². The maximum absolute atomic E-state index is 13.1. The maximum Gasteiger partial charge on any atom is 0.418 e. The summed E-state index contributed by atoms with van der Waals surface area (Å²) in [5.74, 6) is -1.07. The van der Waals surface area contributed by atoms with Gasteiger partial charge in [-0.05, 0) is 33.0 Å². The molecule has 1 amide bonds. The number of esters is 1. The van der Waals surface area contributed by atoms with Gasteiger partial charge in [0.15, 0.2) is 0 Å². The number of fused-ring (bicyclic) bond motifs is 1. The van der Waals surface area contributed by atoms with Crippen molar-refractivity contribution in [2.45, 2.75) is 26.6 Å². The molecule has 9 nitrogen and oxygen atoms in total. The first-order valence-corrected chi connectivity index (χ1v) is 9.85. The first-order valence-electron chi connectivity index (χ1n) is 9.85. The van der Waals surface area contributed by atoms with Crippen LogP contribution >= 0.6 is 0 Å². The zero-order valence-electron chi connectivity index (χ0n) is 18.0. The Hall–Kier alpha value is -3.67. The molecule has 0 aliphatic carbocycles. The highest BCUT2D eigenvalue weighted by atomic mass is 19.4. The number of carbonyl (C=O) groups excluding carboxylic acids is 2. The Kier molecular flexibility index (Phi) is 6.86. The summed E-state index contributed by atoms with van der Waals surface area (Å²) in [6, 6.07) is 4.65. The molecule has 0 fully saturated rings. The van der Waals surface area contributed by atoms with E-state index in [0.717, 1.165) is 12.1 Å². The van der Waals surface area contributed by atoms with Crippen molar-refractivity contribution in [2.75, 3.05) is 25.5 Å². The van der Waals surface area contributed by atoms with Gasteiger partial charge in [-0.3, -0.25) is 14.5 Å². The second-order valence-corrected chi connectivity index (χ2v) is 7.21. The Morgan fingerprint density at radius 2 is 1.97 bits per heavy atom. The van der Waals surface area contributed by atoms with Crippen molar-refractivity contribution in [3.63, 3.8) is 0 Å². The van der Waals surface area contributed by atoms with E-state index >= 15 is 0 Å². The monoisotopic (exact) mass is 466 g/mol. The van der Waals surface area contributed by atoms with E-state index in [1.54, 1.807) is 6.92 Å². The number of rotatable bonds is 7. The van der Waals surface area contributed by atoms with Gasteiger partial charge >= 0.3 is 12.1 Å². The molecule has 3 rings (SSSR count). The van der Waals surface area contributed by atoms with Gasteiger partial charge in [-0.2, -0.15) is 18.2 Å². The number of furan rings is 1. The van der Waals surface area contributed by atoms with Gasteiger partial charge < -0.3 is 19.5 Å². The number of benzene rings is 1. The number of aryl methyl sites for hydroxylation is 1. The standard InChI is InChI=1S/C21H21F3N4O5/c1-4-32-20(31)16-11(2)33-19-17(16)18(30)26-14(27-19)9-28(3)10-15(29)25-13-8-6-5-7-12(13)21(22,23)24/h5-8H,4,9-10H2,1-3H3,(H,25,29)(H,26,27,30). The number of hydrogen-bond acceptors (Lipinski definition) is 7. The number of nitrogens with zero attached hydrogens (tertiary/aromatic N) is 2. The zero-order valence-corrected chi connectivity index (χ0v) is 18.0. The van der Waals surface area contributed by atoms with Gasteiger partial charge in [-0.1, -0.05) is 12.1 Å². The summed E-state index contributed by atoms with van der Waals surface area (Å²) in [5, 5.41) is 2.20. The fourth-order valence-electron chi connectivity index (χ4n) is 3.27. The third kappa shape index (κ3) is 5.40. The predicted molar refractivity (Wildman–Crippen MR) is 112 cm³/mol. The van der Waals surface area contributed by atoms with Crippen LogP contribution in [0.3, 0.4) is 0 Å². The summed E-state index contributed by atoms with van der Waals surface area (Å²) in [6.45, 7) is 2.95. The number of nitrogens with one attached hydrogen (secondary N) is 2. The molecule has 0 atom stereocenters. The lowest BCUT2D eigenvalue weighted by Crippen LogP contribution is -2.31. The van der Waals surface area contributed by atoms with E-state index in [1.807, 2.05) is 0 Å². The van der Waals surface area contributed by atoms with Gasteiger partial charge in [0.1, 0.15) is 22.5 Å². The molecule has 33 heavy (non-hydrogen) atoms. The normalized spacial score (nSPS) is 11.7. The molecular formula is C21H21F3N4O5. The summed E-state index contributed by atoms with van der Waals surface area (Å²) in [7, 11) is 1.52. The smallest absolute Gasteiger partial charge is 0.418 e. The van der Waals surface area contributed by atoms with Crippen molar-refractivity contribution in [3.8, 4) is 0 Å². The fraction of sp³-hybridized carbons (Fsp3) is 0.333. The minimum Gasteiger partial charge on any atom is -0.462 e. The van der Waals surface area contributed by atoms with E-state index in [-0.39, 0.29) is 53.6 Å². The van der Waals surface area contributed by atoms with Crippen LogP contribution in [0.1, 0.15) is 34.4 Å². The molecule has 2 aromatic heterocycles. The topological polar surface area (TPSA) is 118 Å². The summed E-state index contributed by atoms with van der Waals surface area (Å²) >= 11 is 0. The number of alkyl halides is 3. The number of halogens is 3. The lowest BCUT2D eigenvalue weighted by atomic mass is 10.1. The molecule has 0 saturated carbocycles. The van der Waals surface area contributed by atoms with Crippen molar-refractivity contribution in [3.05, 3.63) is 57.3 Å². The number of para-hydroxylation sites is 1. The van der Waals surface area contributed by atoms with Crippen LogP contribution in [-0.2, 0) is 22.3 Å². The number of amides is 1. The molecule has 2 N–H and O–H groups in total. The average molecular weight is 466 g/mol. The van der Waals surface area contributed by atoms with Crippen molar-refractivity contribution in [2.24, 2.45) is 0 Å². The van der Waals surface area contributed by atoms with E-state index in [9.17, 15) is 27.6 Å². The Labute approximate surface area is 185 Å². The number of ether oxygens (including phenoxy) is 1. The van der Waals surface area contributed by atoms with Crippen molar-refractivity contribution in [1.82, 2.24) is 14.9 Å². The molecule has 0 spiro atoms. The molecule has 2 heterocycles. The van der Waals surface area contributed by atoms with E-state index in [0.29, 0.717) is 0 Å². The second-order valence-electron chi connectivity index (χ2n) is 7.21. The molecule has 1 aromatic carbocycles. The van der Waals surface area contributed by atoms with Crippen LogP contribution in [0.2, 0.25) is 0 Å². The number of anilines is 1. The molecule has 0 unspecified atom stereocenters. The number of likely N-dealkylation sites (N-methyl/N-ethyl adjacent to an activating group) is 1. The molecule has 0 aliphatic heterocycles. The highest BCUT2D eigenvalue weighted by Gasteiger charge is 2.33. The third-order valence-electron chi connectivity index (χ3n) is 4.61. The number of aromatic amines is 1. The van der Waals surface area contributed by atoms with Crippen LogP contribution in [0, 0.1) is 6.92 Å². The van der Waals surface area contributed by atoms with Gasteiger partial charge in [0.05, 0.1) is 30.9 Å². The highest BCUT2D eigenvalue weighted by molar-refractivity contribution is 6.03. The zero-order chi connectivity index (χ0) is 24.3. The highest BCUT2D eigenvalue weighted by Crippen LogP contribution is 2.34. The van der Waals surface area contributed by atoms with Gasteiger partial charge in [0, 0.05) is 0 Å². The summed E-state index contributed by atoms with van der Waals surface area (Å²) < 4.78 is 49.7. The van der Waals surface area contributed by atoms with Gasteiger partial charge in [-0.25, -0.2) is 4.79 Å². The largest absolute Gasteiger partial charge is 0.462 e. The summed E-state index contributed by atoms with van der Waals surface area (Å²) in [4.78, 5) is 45.1. The quantitative estimate of drug-likeness (QED) is 0.514. The predicted octanol–water partition coefficient (Wildman–Crippen LogP) is 3.09. The Balaban J connectivity index is 1.74. The minimum atomic E-state index is -4.61. The Morgan fingerprint density at radius 1 is 1.27 bits per heavy atom. The van der Waals surface area contributed by atoms with Crippen molar-refractivity contribution < 1.29 is 31.9 Å². The molecule has 3 aromatic rings. The second kappa shape index (κ2) is 9.45. The summed E-state index contributed by atoms with van der Waals surface area (Å²) in [6.07, 6.45) is -4.61. The van der Waals surface area contributed by atoms with Crippen LogP contribution in [0.25, 0.3) is 11.1 Å². The molecule has 12 heteroatoms. The molecule has 0 aliphatic rings. The van der Waals surface area contributed by atoms with Crippen LogP contribution in [0.4, 0.5) is 18.9 Å². The van der Waals surface area contributed by atoms with Crippen LogP contribution in [0.15, 0.2) is 33.5 Å². The minimum absolute atomic E-state index is 0.0109. The first-order chi connectivity index (χ1) is 15.5. The molecule has 0 saturated heterocycles.